The van der Waals surface area contributed by atoms with Crippen molar-refractivity contribution in [2.75, 3.05) is 18.9 Å². The largest absolute Gasteiger partial charge is 0.382 e. The quantitative estimate of drug-likeness (QED) is 0.664. The number of rotatable bonds is 9. The number of carbonyl (C=O) groups is 1. The van der Waals surface area contributed by atoms with E-state index in [1.165, 1.54) is 0 Å². The van der Waals surface area contributed by atoms with Crippen molar-refractivity contribution in [3.63, 3.8) is 0 Å². The maximum atomic E-state index is 10.8. The Hall–Kier alpha value is -1.76. The van der Waals surface area contributed by atoms with Crippen molar-refractivity contribution in [3.05, 3.63) is 34.1 Å². The molecule has 2 rings (SSSR count). The number of halogens is 2. The molecule has 0 fully saturated rings. The Morgan fingerprint density at radius 2 is 1.96 bits per heavy atom. The summed E-state index contributed by atoms with van der Waals surface area (Å²) in [5, 5.41) is 9.04. The molecule has 6 nitrogen and oxygen atoms in total. The van der Waals surface area contributed by atoms with Gasteiger partial charge in [-0.15, -0.1) is 10.2 Å². The molecule has 0 saturated carbocycles. The standard InChI is InChI=1S/C17H20Cl2N4O2/c1-11(24)5-3-9-25-10-4-8-14-21-17(20)16(23-22-14)12-6-2-7-13(18)15(12)19/h2,6-7H,3-5,8-10H2,1H3,(H2,20,21,22). The number of nitrogens with zero attached hydrogens (tertiary/aromatic N) is 3. The van der Waals surface area contributed by atoms with Crippen LogP contribution in [-0.4, -0.2) is 34.2 Å². The summed E-state index contributed by atoms with van der Waals surface area (Å²) >= 11 is 12.2. The summed E-state index contributed by atoms with van der Waals surface area (Å²) in [4.78, 5) is 15.1. The molecule has 0 radical (unpaired) electrons. The SMILES string of the molecule is CC(=O)CCCOCCCc1nnc(-c2cccc(Cl)c2Cl)c(N)n1. The number of Topliss-reactive ketones (excluding diaryl/α,β-unsaturated/α-hetero) is 1. The summed E-state index contributed by atoms with van der Waals surface area (Å²) in [7, 11) is 0. The number of carbonyl (C=O) groups excluding carboxylic acids is 1. The Labute approximate surface area is 156 Å². The lowest BCUT2D eigenvalue weighted by Crippen LogP contribution is -2.07. The second kappa shape index (κ2) is 9.65. The maximum Gasteiger partial charge on any atom is 0.154 e. The van der Waals surface area contributed by atoms with E-state index in [1.807, 2.05) is 0 Å². The maximum absolute atomic E-state index is 10.8. The van der Waals surface area contributed by atoms with Crippen LogP contribution in [0, 0.1) is 0 Å². The molecule has 2 aromatic rings. The molecule has 0 saturated heterocycles. The Morgan fingerprint density at radius 3 is 2.68 bits per heavy atom. The second-order valence-electron chi connectivity index (χ2n) is 5.58. The van der Waals surface area contributed by atoms with Crippen molar-refractivity contribution in [2.45, 2.75) is 32.6 Å². The normalized spacial score (nSPS) is 10.8. The lowest BCUT2D eigenvalue weighted by Gasteiger charge is -2.08. The first kappa shape index (κ1) is 19.6. The van der Waals surface area contributed by atoms with Gasteiger partial charge in [0.2, 0.25) is 0 Å². The van der Waals surface area contributed by atoms with Crippen molar-refractivity contribution in [3.8, 4) is 11.3 Å². The van der Waals surface area contributed by atoms with Crippen molar-refractivity contribution in [1.82, 2.24) is 15.2 Å². The average Bonchev–Trinajstić information content (AvgIpc) is 2.57. The monoisotopic (exact) mass is 382 g/mol. The molecule has 2 N–H and O–H groups in total. The van der Waals surface area contributed by atoms with Crippen LogP contribution in [0.3, 0.4) is 0 Å². The highest BCUT2D eigenvalue weighted by Gasteiger charge is 2.13. The molecule has 0 amide bonds. The molecule has 0 unspecified atom stereocenters. The van der Waals surface area contributed by atoms with E-state index in [2.05, 4.69) is 15.2 Å². The third-order valence-corrected chi connectivity index (χ3v) is 4.29. The molecule has 134 valence electrons. The number of anilines is 1. The number of hydrogen-bond acceptors (Lipinski definition) is 6. The van der Waals surface area contributed by atoms with Gasteiger partial charge in [0, 0.05) is 31.6 Å². The predicted molar refractivity (Wildman–Crippen MR) is 98.8 cm³/mol. The minimum Gasteiger partial charge on any atom is -0.382 e. The van der Waals surface area contributed by atoms with Gasteiger partial charge in [-0.05, 0) is 25.8 Å². The van der Waals surface area contributed by atoms with E-state index in [9.17, 15) is 4.79 Å². The molecule has 0 spiro atoms. The first-order valence-corrected chi connectivity index (χ1v) is 8.75. The number of benzene rings is 1. The molecular formula is C17H20Cl2N4O2. The molecule has 25 heavy (non-hydrogen) atoms. The van der Waals surface area contributed by atoms with Gasteiger partial charge in [0.15, 0.2) is 11.6 Å². The zero-order valence-electron chi connectivity index (χ0n) is 14.0. The van der Waals surface area contributed by atoms with Gasteiger partial charge in [-0.3, -0.25) is 0 Å². The van der Waals surface area contributed by atoms with E-state index >= 15 is 0 Å². The van der Waals surface area contributed by atoms with Gasteiger partial charge in [-0.25, -0.2) is 4.98 Å². The molecule has 1 heterocycles. The third-order valence-electron chi connectivity index (χ3n) is 3.47. The fraction of sp³-hybridized carbons (Fsp3) is 0.412. The zero-order chi connectivity index (χ0) is 18.2. The molecule has 0 bridgehead atoms. The lowest BCUT2D eigenvalue weighted by molar-refractivity contribution is -0.117. The summed E-state index contributed by atoms with van der Waals surface area (Å²) in [5.74, 6) is 0.988. The molecule has 0 aliphatic rings. The molecule has 0 aliphatic carbocycles. The Kier molecular flexibility index (Phi) is 7.55. The highest BCUT2D eigenvalue weighted by atomic mass is 35.5. The first-order chi connectivity index (χ1) is 12.0. The number of nitrogens with two attached hydrogens (primary N) is 1. The fourth-order valence-electron chi connectivity index (χ4n) is 2.22. The van der Waals surface area contributed by atoms with Crippen LogP contribution in [0.1, 0.15) is 32.0 Å². The van der Waals surface area contributed by atoms with Crippen LogP contribution < -0.4 is 5.73 Å². The highest BCUT2D eigenvalue weighted by molar-refractivity contribution is 6.43. The predicted octanol–water partition coefficient (Wildman–Crippen LogP) is 3.75. The van der Waals surface area contributed by atoms with E-state index in [0.29, 0.717) is 53.2 Å². The van der Waals surface area contributed by atoms with Gasteiger partial charge in [0.25, 0.3) is 0 Å². The van der Waals surface area contributed by atoms with Gasteiger partial charge < -0.3 is 15.3 Å². The molecule has 1 aromatic carbocycles. The van der Waals surface area contributed by atoms with Crippen molar-refractivity contribution in [1.29, 1.82) is 0 Å². The topological polar surface area (TPSA) is 91.0 Å². The molecular weight excluding hydrogens is 363 g/mol. The number of nitrogen functional groups attached to an aromatic ring is 1. The lowest BCUT2D eigenvalue weighted by atomic mass is 10.1. The van der Waals surface area contributed by atoms with Crippen molar-refractivity contribution >= 4 is 34.8 Å². The molecule has 8 heteroatoms. The summed E-state index contributed by atoms with van der Waals surface area (Å²) in [5.41, 5.74) is 7.01. The Morgan fingerprint density at radius 1 is 1.20 bits per heavy atom. The summed E-state index contributed by atoms with van der Waals surface area (Å²) in [6.07, 6.45) is 2.65. The summed E-state index contributed by atoms with van der Waals surface area (Å²) < 4.78 is 5.47. The van der Waals surface area contributed by atoms with Crippen LogP contribution in [0.25, 0.3) is 11.3 Å². The molecule has 0 atom stereocenters. The summed E-state index contributed by atoms with van der Waals surface area (Å²) in [6.45, 7) is 2.73. The van der Waals surface area contributed by atoms with Crippen molar-refractivity contribution in [2.24, 2.45) is 0 Å². The Balaban J connectivity index is 1.87. The number of aryl methyl sites for hydroxylation is 1. The van der Waals surface area contributed by atoms with E-state index in [0.717, 1.165) is 12.8 Å². The van der Waals surface area contributed by atoms with Crippen LogP contribution in [0.2, 0.25) is 10.0 Å². The van der Waals surface area contributed by atoms with Crippen LogP contribution in [0.5, 0.6) is 0 Å². The van der Waals surface area contributed by atoms with Gasteiger partial charge in [0.1, 0.15) is 11.5 Å². The van der Waals surface area contributed by atoms with Gasteiger partial charge in [0.05, 0.1) is 10.0 Å². The summed E-state index contributed by atoms with van der Waals surface area (Å²) in [6, 6.07) is 5.22. The molecule has 1 aromatic heterocycles. The van der Waals surface area contributed by atoms with Crippen molar-refractivity contribution < 1.29 is 9.53 Å². The number of hydrogen-bond donors (Lipinski definition) is 1. The van der Waals surface area contributed by atoms with Crippen LogP contribution >= 0.6 is 23.2 Å². The minimum atomic E-state index is 0.179. The average molecular weight is 383 g/mol. The number of ketones is 1. The van der Waals surface area contributed by atoms with Gasteiger partial charge in [-0.2, -0.15) is 0 Å². The van der Waals surface area contributed by atoms with E-state index in [4.69, 9.17) is 33.7 Å². The minimum absolute atomic E-state index is 0.179. The van der Waals surface area contributed by atoms with Crippen LogP contribution in [0.15, 0.2) is 18.2 Å². The van der Waals surface area contributed by atoms with E-state index in [1.54, 1.807) is 25.1 Å². The molecule has 0 aliphatic heterocycles. The number of ether oxygens (including phenoxy) is 1. The Bertz CT molecular complexity index is 741. The number of aromatic nitrogens is 3. The van der Waals surface area contributed by atoms with Crippen LogP contribution in [-0.2, 0) is 16.0 Å². The zero-order valence-corrected chi connectivity index (χ0v) is 15.5. The first-order valence-electron chi connectivity index (χ1n) is 7.99. The smallest absolute Gasteiger partial charge is 0.154 e. The van der Waals surface area contributed by atoms with Gasteiger partial charge >= 0.3 is 0 Å². The van der Waals surface area contributed by atoms with Crippen LogP contribution in [0.4, 0.5) is 5.82 Å². The highest BCUT2D eigenvalue weighted by Crippen LogP contribution is 2.34. The third kappa shape index (κ3) is 5.92. The van der Waals surface area contributed by atoms with Gasteiger partial charge in [-0.1, -0.05) is 35.3 Å². The van der Waals surface area contributed by atoms with E-state index < -0.39 is 0 Å². The second-order valence-corrected chi connectivity index (χ2v) is 6.37. The van der Waals surface area contributed by atoms with E-state index in [-0.39, 0.29) is 11.6 Å². The fourth-order valence-corrected chi connectivity index (χ4v) is 2.61.